The molecule has 8 heteroatoms. The molecule has 0 aliphatic heterocycles. The summed E-state index contributed by atoms with van der Waals surface area (Å²) in [6.45, 7) is 5.53. The Kier molecular flexibility index (Phi) is 5.89. The molecule has 24 heavy (non-hydrogen) atoms. The van der Waals surface area contributed by atoms with Gasteiger partial charge in [-0.15, -0.1) is 0 Å². The highest BCUT2D eigenvalue weighted by Crippen LogP contribution is 2.08. The minimum absolute atomic E-state index is 0.0730. The molecule has 3 amide bonds. The fraction of sp³-hybridized carbons (Fsp3) is 0.375. The third-order valence-electron chi connectivity index (χ3n) is 3.49. The molecular weight excluding hydrogens is 308 g/mol. The predicted octanol–water partition coefficient (Wildman–Crippen LogP) is 1.69. The predicted molar refractivity (Wildman–Crippen MR) is 90.9 cm³/mol. The van der Waals surface area contributed by atoms with Crippen molar-refractivity contribution in [2.45, 2.75) is 39.3 Å². The largest absolute Gasteiger partial charge is 0.352 e. The van der Waals surface area contributed by atoms with E-state index in [1.165, 1.54) is 6.20 Å². The molecule has 0 aliphatic carbocycles. The van der Waals surface area contributed by atoms with E-state index in [1.807, 2.05) is 13.8 Å². The van der Waals surface area contributed by atoms with Gasteiger partial charge in [-0.2, -0.15) is 5.10 Å². The van der Waals surface area contributed by atoms with Crippen LogP contribution in [-0.2, 0) is 4.79 Å². The lowest BCUT2D eigenvalue weighted by Gasteiger charge is -2.17. The molecule has 0 fully saturated rings. The second kappa shape index (κ2) is 8.09. The monoisotopic (exact) mass is 330 g/mol. The molecule has 0 bridgehead atoms. The van der Waals surface area contributed by atoms with Gasteiger partial charge in [0.2, 0.25) is 5.91 Å². The molecule has 2 rings (SSSR count). The number of aromatic nitrogens is 3. The lowest BCUT2D eigenvalue weighted by atomic mass is 10.2. The molecule has 0 aliphatic rings. The van der Waals surface area contributed by atoms with Crippen LogP contribution in [0.2, 0.25) is 0 Å². The van der Waals surface area contributed by atoms with Crippen molar-refractivity contribution in [3.8, 4) is 5.82 Å². The first kappa shape index (κ1) is 17.5. The first-order chi connectivity index (χ1) is 11.5. The lowest BCUT2D eigenvalue weighted by Crippen LogP contribution is -2.48. The number of carbonyl (C=O) groups is 2. The maximum absolute atomic E-state index is 11.9. The molecule has 0 saturated carbocycles. The van der Waals surface area contributed by atoms with Gasteiger partial charge in [0.15, 0.2) is 5.82 Å². The third kappa shape index (κ3) is 4.80. The molecule has 0 spiro atoms. The van der Waals surface area contributed by atoms with Gasteiger partial charge in [0, 0.05) is 18.4 Å². The van der Waals surface area contributed by atoms with Crippen LogP contribution in [0.3, 0.4) is 0 Å². The van der Waals surface area contributed by atoms with E-state index in [0.717, 1.165) is 6.42 Å². The summed E-state index contributed by atoms with van der Waals surface area (Å²) in [5, 5.41) is 12.1. The maximum Gasteiger partial charge on any atom is 0.319 e. The first-order valence-corrected chi connectivity index (χ1v) is 7.83. The summed E-state index contributed by atoms with van der Waals surface area (Å²) in [5.41, 5.74) is 0.526. The summed E-state index contributed by atoms with van der Waals surface area (Å²) in [7, 11) is 0. The zero-order chi connectivity index (χ0) is 17.5. The van der Waals surface area contributed by atoms with E-state index in [0.29, 0.717) is 11.5 Å². The van der Waals surface area contributed by atoms with E-state index in [2.05, 4.69) is 26.0 Å². The number of anilines is 1. The van der Waals surface area contributed by atoms with Gasteiger partial charge in [0.05, 0.1) is 11.9 Å². The van der Waals surface area contributed by atoms with Gasteiger partial charge < -0.3 is 16.0 Å². The van der Waals surface area contributed by atoms with Crippen LogP contribution in [-0.4, -0.2) is 38.8 Å². The molecule has 2 unspecified atom stereocenters. The molecule has 0 radical (unpaired) electrons. The Hall–Kier alpha value is -2.90. The van der Waals surface area contributed by atoms with Crippen molar-refractivity contribution in [3.63, 3.8) is 0 Å². The van der Waals surface area contributed by atoms with Crippen molar-refractivity contribution in [2.75, 3.05) is 5.32 Å². The molecule has 128 valence electrons. The average molecular weight is 330 g/mol. The van der Waals surface area contributed by atoms with Gasteiger partial charge in [0.25, 0.3) is 0 Å². The summed E-state index contributed by atoms with van der Waals surface area (Å²) >= 11 is 0. The normalized spacial score (nSPS) is 13.0. The molecule has 0 saturated heterocycles. The van der Waals surface area contributed by atoms with E-state index in [9.17, 15) is 9.59 Å². The van der Waals surface area contributed by atoms with E-state index >= 15 is 0 Å². The van der Waals surface area contributed by atoms with Crippen molar-refractivity contribution in [1.82, 2.24) is 25.4 Å². The maximum atomic E-state index is 11.9. The number of hydrogen-bond donors (Lipinski definition) is 3. The van der Waals surface area contributed by atoms with Crippen molar-refractivity contribution in [1.29, 1.82) is 0 Å². The standard InChI is InChI=1S/C16H22N6O2/c1-4-11(2)19-15(23)12(3)20-16(24)21-13-6-7-14(17-10-13)22-9-5-8-18-22/h5-12H,4H2,1-3H3,(H,19,23)(H2,20,21,24). The van der Waals surface area contributed by atoms with Crippen molar-refractivity contribution in [2.24, 2.45) is 0 Å². The van der Waals surface area contributed by atoms with Crippen LogP contribution in [0.25, 0.3) is 5.82 Å². The number of nitrogens with zero attached hydrogens (tertiary/aromatic N) is 3. The van der Waals surface area contributed by atoms with Crippen molar-refractivity contribution < 1.29 is 9.59 Å². The van der Waals surface area contributed by atoms with Crippen LogP contribution in [0.4, 0.5) is 10.5 Å². The van der Waals surface area contributed by atoms with Gasteiger partial charge in [-0.25, -0.2) is 14.5 Å². The Morgan fingerprint density at radius 1 is 1.25 bits per heavy atom. The van der Waals surface area contributed by atoms with Crippen LogP contribution in [0.1, 0.15) is 27.2 Å². The quantitative estimate of drug-likeness (QED) is 0.750. The SMILES string of the molecule is CCC(C)NC(=O)C(C)NC(=O)Nc1ccc(-n2cccn2)nc1. The highest BCUT2D eigenvalue weighted by molar-refractivity contribution is 5.93. The van der Waals surface area contributed by atoms with E-state index in [4.69, 9.17) is 0 Å². The van der Waals surface area contributed by atoms with Gasteiger partial charge in [-0.1, -0.05) is 6.92 Å². The second-order valence-electron chi connectivity index (χ2n) is 5.49. The molecule has 3 N–H and O–H groups in total. The summed E-state index contributed by atoms with van der Waals surface area (Å²) in [6, 6.07) is 4.23. The van der Waals surface area contributed by atoms with Gasteiger partial charge in [0.1, 0.15) is 6.04 Å². The van der Waals surface area contributed by atoms with Crippen molar-refractivity contribution >= 4 is 17.6 Å². The van der Waals surface area contributed by atoms with Crippen LogP contribution in [0, 0.1) is 0 Å². The summed E-state index contributed by atoms with van der Waals surface area (Å²) in [5.74, 6) is 0.430. The number of urea groups is 1. The highest BCUT2D eigenvalue weighted by atomic mass is 16.2. The fourth-order valence-corrected chi connectivity index (χ4v) is 1.90. The number of rotatable bonds is 6. The second-order valence-corrected chi connectivity index (χ2v) is 5.49. The minimum Gasteiger partial charge on any atom is -0.352 e. The van der Waals surface area contributed by atoms with Gasteiger partial charge in [-0.3, -0.25) is 4.79 Å². The fourth-order valence-electron chi connectivity index (χ4n) is 1.90. The Morgan fingerprint density at radius 3 is 2.62 bits per heavy atom. The Morgan fingerprint density at radius 2 is 2.04 bits per heavy atom. The average Bonchev–Trinajstić information content (AvgIpc) is 3.09. The lowest BCUT2D eigenvalue weighted by molar-refractivity contribution is -0.123. The smallest absolute Gasteiger partial charge is 0.319 e. The molecular formula is C16H22N6O2. The highest BCUT2D eigenvalue weighted by Gasteiger charge is 2.16. The van der Waals surface area contributed by atoms with E-state index in [1.54, 1.807) is 42.2 Å². The van der Waals surface area contributed by atoms with E-state index < -0.39 is 12.1 Å². The molecule has 2 aromatic rings. The molecule has 2 heterocycles. The van der Waals surface area contributed by atoms with Crippen LogP contribution >= 0.6 is 0 Å². The zero-order valence-electron chi connectivity index (χ0n) is 14.0. The minimum atomic E-state index is -0.629. The topological polar surface area (TPSA) is 101 Å². The number of carbonyl (C=O) groups excluding carboxylic acids is 2. The molecule has 2 aromatic heterocycles. The summed E-state index contributed by atoms with van der Waals surface area (Å²) in [4.78, 5) is 28.1. The molecule has 2 atom stereocenters. The summed E-state index contributed by atoms with van der Waals surface area (Å²) < 4.78 is 1.62. The number of amides is 3. The summed E-state index contributed by atoms with van der Waals surface area (Å²) in [6.07, 6.45) is 5.80. The first-order valence-electron chi connectivity index (χ1n) is 7.83. The van der Waals surface area contributed by atoms with Gasteiger partial charge in [-0.05, 0) is 38.5 Å². The third-order valence-corrected chi connectivity index (χ3v) is 3.49. The molecule has 8 nitrogen and oxygen atoms in total. The Balaban J connectivity index is 1.87. The Labute approximate surface area is 140 Å². The van der Waals surface area contributed by atoms with Crippen LogP contribution < -0.4 is 16.0 Å². The Bertz CT molecular complexity index is 668. The number of hydrogen-bond acceptors (Lipinski definition) is 4. The van der Waals surface area contributed by atoms with Crippen LogP contribution in [0.15, 0.2) is 36.8 Å². The van der Waals surface area contributed by atoms with Gasteiger partial charge >= 0.3 is 6.03 Å². The van der Waals surface area contributed by atoms with Crippen LogP contribution in [0.5, 0.6) is 0 Å². The zero-order valence-corrected chi connectivity index (χ0v) is 14.0. The molecule has 0 aromatic carbocycles. The number of pyridine rings is 1. The van der Waals surface area contributed by atoms with Crippen molar-refractivity contribution in [3.05, 3.63) is 36.8 Å². The number of nitrogens with one attached hydrogen (secondary N) is 3. The van der Waals surface area contributed by atoms with E-state index in [-0.39, 0.29) is 11.9 Å².